The Kier molecular flexibility index (Phi) is 7.62. The highest BCUT2D eigenvalue weighted by atomic mass is 31.2. The zero-order chi connectivity index (χ0) is 20.0. The zero-order valence-corrected chi connectivity index (χ0v) is 16.2. The first-order chi connectivity index (χ1) is 12.0. The van der Waals surface area contributed by atoms with Crippen LogP contribution < -0.4 is 9.84 Å². The van der Waals surface area contributed by atoms with Gasteiger partial charge in [0.25, 0.3) is 0 Å². The third-order valence-corrected chi connectivity index (χ3v) is 4.35. The molecule has 10 heteroatoms. The highest BCUT2D eigenvalue weighted by Gasteiger charge is 2.26. The average Bonchev–Trinajstić information content (AvgIpc) is 2.54. The molecule has 0 radical (unpaired) electrons. The van der Waals surface area contributed by atoms with Crippen molar-refractivity contribution in [2.75, 3.05) is 14.2 Å². The van der Waals surface area contributed by atoms with E-state index in [4.69, 9.17) is 9.26 Å². The molecule has 1 aromatic rings. The van der Waals surface area contributed by atoms with Gasteiger partial charge in [0.15, 0.2) is 0 Å². The molecule has 2 N–H and O–H groups in total. The van der Waals surface area contributed by atoms with Crippen molar-refractivity contribution in [2.24, 2.45) is 0 Å². The maximum atomic E-state index is 11.9. The highest BCUT2D eigenvalue weighted by molar-refractivity contribution is 7.48. The minimum atomic E-state index is -3.67. The van der Waals surface area contributed by atoms with Crippen molar-refractivity contribution in [2.45, 2.75) is 38.8 Å². The maximum Gasteiger partial charge on any atom is 0.529 e. The molecule has 0 spiro atoms. The SMILES string of the molecule is COP(=O)(OC)Oc1ccc(CC(NC(=O)OC(C)(C)C)C(=O)O)cc1. The number of carboxylic acid groups (broad SMARTS) is 1. The van der Waals surface area contributed by atoms with E-state index < -0.39 is 31.5 Å². The minimum Gasteiger partial charge on any atom is -0.480 e. The molecule has 26 heavy (non-hydrogen) atoms. The summed E-state index contributed by atoms with van der Waals surface area (Å²) >= 11 is 0. The molecule has 0 aromatic heterocycles. The van der Waals surface area contributed by atoms with Crippen LogP contribution in [0.3, 0.4) is 0 Å². The topological polar surface area (TPSA) is 120 Å². The van der Waals surface area contributed by atoms with E-state index in [0.717, 1.165) is 0 Å². The van der Waals surface area contributed by atoms with E-state index in [0.29, 0.717) is 5.56 Å². The number of carbonyl (C=O) groups is 2. The Labute approximate surface area is 152 Å². The van der Waals surface area contributed by atoms with Crippen LogP contribution >= 0.6 is 7.82 Å². The number of phosphoric acid groups is 1. The Morgan fingerprint density at radius 3 is 2.12 bits per heavy atom. The fraction of sp³-hybridized carbons (Fsp3) is 0.500. The number of rotatable bonds is 8. The van der Waals surface area contributed by atoms with Crippen molar-refractivity contribution in [3.05, 3.63) is 29.8 Å². The molecule has 1 aromatic carbocycles. The number of nitrogens with one attached hydrogen (secondary N) is 1. The number of phosphoric ester groups is 1. The van der Waals surface area contributed by atoms with Crippen LogP contribution in [-0.4, -0.2) is 43.0 Å². The molecule has 146 valence electrons. The fourth-order valence-electron chi connectivity index (χ4n) is 1.85. The van der Waals surface area contributed by atoms with Crippen LogP contribution in [0.25, 0.3) is 0 Å². The van der Waals surface area contributed by atoms with Crippen LogP contribution in [0, 0.1) is 0 Å². The molecule has 0 saturated heterocycles. The van der Waals surface area contributed by atoms with Crippen LogP contribution in [0.4, 0.5) is 4.79 Å². The summed E-state index contributed by atoms with van der Waals surface area (Å²) < 4.78 is 31.4. The summed E-state index contributed by atoms with van der Waals surface area (Å²) in [7, 11) is -1.28. The molecule has 9 nitrogen and oxygen atoms in total. The minimum absolute atomic E-state index is 0.0288. The van der Waals surface area contributed by atoms with Gasteiger partial charge in [-0.1, -0.05) is 12.1 Å². The Morgan fingerprint density at radius 1 is 1.15 bits per heavy atom. The normalized spacial score (nSPS) is 13.0. The van der Waals surface area contributed by atoms with Crippen molar-refractivity contribution in [3.8, 4) is 5.75 Å². The van der Waals surface area contributed by atoms with Crippen LogP contribution in [-0.2, 0) is 29.6 Å². The molecular weight excluding hydrogens is 365 g/mol. The van der Waals surface area contributed by atoms with Crippen LogP contribution in [0.15, 0.2) is 24.3 Å². The molecule has 1 amide bonds. The van der Waals surface area contributed by atoms with Crippen molar-refractivity contribution in [1.29, 1.82) is 0 Å². The molecule has 1 unspecified atom stereocenters. The number of carboxylic acids is 1. The first kappa shape index (κ1) is 22.0. The molecule has 0 aliphatic heterocycles. The maximum absolute atomic E-state index is 11.9. The van der Waals surface area contributed by atoms with Gasteiger partial charge in [-0.3, -0.25) is 9.05 Å². The van der Waals surface area contributed by atoms with Crippen LogP contribution in [0.5, 0.6) is 5.75 Å². The van der Waals surface area contributed by atoms with Gasteiger partial charge in [-0.05, 0) is 38.5 Å². The van der Waals surface area contributed by atoms with Crippen LogP contribution in [0.1, 0.15) is 26.3 Å². The number of hydrogen-bond acceptors (Lipinski definition) is 7. The van der Waals surface area contributed by atoms with Gasteiger partial charge in [0.05, 0.1) is 0 Å². The quantitative estimate of drug-likeness (QED) is 0.651. The molecule has 1 atom stereocenters. The highest BCUT2D eigenvalue weighted by Crippen LogP contribution is 2.47. The number of carbonyl (C=O) groups excluding carboxylic acids is 1. The standard InChI is InChI=1S/C16H24NO8P/c1-16(2,3)24-15(20)17-13(14(18)19)10-11-6-8-12(9-7-11)25-26(21,22-4)23-5/h6-9,13H,10H2,1-5H3,(H,17,20)(H,18,19). The molecule has 0 fully saturated rings. The van der Waals surface area contributed by atoms with E-state index in [1.165, 1.54) is 26.4 Å². The summed E-state index contributed by atoms with van der Waals surface area (Å²) in [6, 6.07) is 4.98. The summed E-state index contributed by atoms with van der Waals surface area (Å²) in [5.41, 5.74) is -0.117. The van der Waals surface area contributed by atoms with E-state index in [2.05, 4.69) is 14.4 Å². The van der Waals surface area contributed by atoms with Gasteiger partial charge in [-0.2, -0.15) is 0 Å². The predicted molar refractivity (Wildman–Crippen MR) is 93.2 cm³/mol. The summed E-state index contributed by atoms with van der Waals surface area (Å²) in [6.45, 7) is 5.04. The second kappa shape index (κ2) is 9.02. The Balaban J connectivity index is 2.77. The number of amides is 1. The lowest BCUT2D eigenvalue weighted by atomic mass is 10.1. The summed E-state index contributed by atoms with van der Waals surface area (Å²) in [5, 5.41) is 11.6. The van der Waals surface area contributed by atoms with Gasteiger partial charge in [0, 0.05) is 20.6 Å². The smallest absolute Gasteiger partial charge is 0.480 e. The monoisotopic (exact) mass is 389 g/mol. The summed E-state index contributed by atoms with van der Waals surface area (Å²) in [6.07, 6.45) is -0.785. The van der Waals surface area contributed by atoms with E-state index in [1.807, 2.05) is 0 Å². The van der Waals surface area contributed by atoms with Crippen molar-refractivity contribution in [1.82, 2.24) is 5.32 Å². The van der Waals surface area contributed by atoms with Crippen molar-refractivity contribution >= 4 is 19.9 Å². The van der Waals surface area contributed by atoms with Crippen molar-refractivity contribution < 1.29 is 37.6 Å². The van der Waals surface area contributed by atoms with Gasteiger partial charge in [-0.25, -0.2) is 14.2 Å². The Morgan fingerprint density at radius 2 is 1.69 bits per heavy atom. The number of aliphatic carboxylic acids is 1. The van der Waals surface area contributed by atoms with E-state index in [1.54, 1.807) is 32.9 Å². The number of alkyl carbamates (subject to hydrolysis) is 1. The van der Waals surface area contributed by atoms with E-state index in [9.17, 15) is 19.3 Å². The molecule has 0 saturated carbocycles. The largest absolute Gasteiger partial charge is 0.529 e. The first-order valence-electron chi connectivity index (χ1n) is 7.70. The second-order valence-electron chi connectivity index (χ2n) is 6.29. The lowest BCUT2D eigenvalue weighted by Crippen LogP contribution is -2.44. The molecule has 0 aliphatic rings. The van der Waals surface area contributed by atoms with Gasteiger partial charge in [0.2, 0.25) is 0 Å². The van der Waals surface area contributed by atoms with Gasteiger partial charge < -0.3 is 19.7 Å². The predicted octanol–water partition coefficient (Wildman–Crippen LogP) is 2.99. The lowest BCUT2D eigenvalue weighted by Gasteiger charge is -2.22. The average molecular weight is 389 g/mol. The number of benzene rings is 1. The van der Waals surface area contributed by atoms with E-state index >= 15 is 0 Å². The van der Waals surface area contributed by atoms with E-state index in [-0.39, 0.29) is 12.2 Å². The Hall–Kier alpha value is -2.09. The van der Waals surface area contributed by atoms with Crippen molar-refractivity contribution in [3.63, 3.8) is 0 Å². The third-order valence-electron chi connectivity index (χ3n) is 3.02. The fourth-order valence-corrected chi connectivity index (χ4v) is 2.53. The number of ether oxygens (including phenoxy) is 1. The Bertz CT molecular complexity index is 660. The molecule has 0 heterocycles. The first-order valence-corrected chi connectivity index (χ1v) is 9.16. The summed E-state index contributed by atoms with van der Waals surface area (Å²) in [5.74, 6) is -0.966. The number of hydrogen-bond donors (Lipinski definition) is 2. The second-order valence-corrected chi connectivity index (χ2v) is 8.10. The summed E-state index contributed by atoms with van der Waals surface area (Å²) in [4.78, 5) is 23.1. The third kappa shape index (κ3) is 7.43. The molecule has 1 rings (SSSR count). The molecule has 0 aliphatic carbocycles. The lowest BCUT2D eigenvalue weighted by molar-refractivity contribution is -0.139. The van der Waals surface area contributed by atoms with Gasteiger partial charge in [0.1, 0.15) is 17.4 Å². The molecule has 0 bridgehead atoms. The van der Waals surface area contributed by atoms with Gasteiger partial charge in [-0.15, -0.1) is 0 Å². The molecular formula is C16H24NO8P. The van der Waals surface area contributed by atoms with Gasteiger partial charge >= 0.3 is 19.9 Å². The zero-order valence-electron chi connectivity index (χ0n) is 15.3. The van der Waals surface area contributed by atoms with Crippen LogP contribution in [0.2, 0.25) is 0 Å².